The molecule has 2 rings (SSSR count). The average Bonchev–Trinajstić information content (AvgIpc) is 2.75. The third kappa shape index (κ3) is 2.68. The molecule has 2 unspecified atom stereocenters. The summed E-state index contributed by atoms with van der Waals surface area (Å²) in [6, 6.07) is 0.638. The first-order valence-corrected chi connectivity index (χ1v) is 8.46. The third-order valence-corrected chi connectivity index (χ3v) is 6.82. The van der Waals surface area contributed by atoms with E-state index in [-0.39, 0.29) is 16.7 Å². The van der Waals surface area contributed by atoms with Crippen molar-refractivity contribution in [3.05, 3.63) is 17.0 Å². The van der Waals surface area contributed by atoms with Gasteiger partial charge in [-0.25, -0.2) is 8.42 Å². The van der Waals surface area contributed by atoms with Gasteiger partial charge in [0, 0.05) is 6.54 Å². The minimum Gasteiger partial charge on any atom is -0.480 e. The molecule has 106 valence electrons. The number of nitrogens with zero attached hydrogens (tertiary/aromatic N) is 1. The van der Waals surface area contributed by atoms with Gasteiger partial charge in [-0.05, 0) is 42.7 Å². The number of piperidine rings is 1. The highest BCUT2D eigenvalue weighted by Crippen LogP contribution is 2.31. The van der Waals surface area contributed by atoms with Gasteiger partial charge >= 0.3 is 5.97 Å². The lowest BCUT2D eigenvalue weighted by atomic mass is 9.93. The van der Waals surface area contributed by atoms with E-state index in [0.29, 0.717) is 6.42 Å². The molecule has 0 aliphatic carbocycles. The van der Waals surface area contributed by atoms with Gasteiger partial charge in [0.15, 0.2) is 0 Å². The van der Waals surface area contributed by atoms with Crippen LogP contribution in [0.25, 0.3) is 0 Å². The van der Waals surface area contributed by atoms with E-state index >= 15 is 0 Å². The Labute approximate surface area is 116 Å². The predicted octanol–water partition coefficient (Wildman–Crippen LogP) is 1.93. The Morgan fingerprint density at radius 1 is 1.53 bits per heavy atom. The lowest BCUT2D eigenvalue weighted by Crippen LogP contribution is -2.51. The summed E-state index contributed by atoms with van der Waals surface area (Å²) < 4.78 is 26.4. The molecule has 0 amide bonds. The normalized spacial score (nSPS) is 25.4. The van der Waals surface area contributed by atoms with E-state index in [2.05, 4.69) is 0 Å². The summed E-state index contributed by atoms with van der Waals surface area (Å²) in [6.07, 6.45) is 1.45. The van der Waals surface area contributed by atoms with Crippen molar-refractivity contribution < 1.29 is 18.3 Å². The number of aliphatic carboxylic acids is 1. The Morgan fingerprint density at radius 2 is 2.21 bits per heavy atom. The van der Waals surface area contributed by atoms with E-state index < -0.39 is 22.0 Å². The van der Waals surface area contributed by atoms with Crippen LogP contribution < -0.4 is 0 Å². The van der Waals surface area contributed by atoms with Crippen molar-refractivity contribution >= 4 is 27.3 Å². The van der Waals surface area contributed by atoms with E-state index in [0.717, 1.165) is 27.6 Å². The van der Waals surface area contributed by atoms with Gasteiger partial charge in [-0.3, -0.25) is 4.79 Å². The lowest BCUT2D eigenvalue weighted by molar-refractivity contribution is -0.144. The van der Waals surface area contributed by atoms with Crippen molar-refractivity contribution in [2.75, 3.05) is 6.54 Å². The van der Waals surface area contributed by atoms with Crippen molar-refractivity contribution in [1.82, 2.24) is 4.31 Å². The molecule has 1 aliphatic heterocycles. The number of carbonyl (C=O) groups is 1. The van der Waals surface area contributed by atoms with Gasteiger partial charge in [0.05, 0.1) is 0 Å². The fraction of sp³-hybridized carbons (Fsp3) is 0.583. The average molecular weight is 303 g/mol. The van der Waals surface area contributed by atoms with Crippen LogP contribution in [0.4, 0.5) is 0 Å². The molecular weight excluding hydrogens is 286 g/mol. The van der Waals surface area contributed by atoms with Crippen LogP contribution in [-0.2, 0) is 14.8 Å². The Bertz CT molecular complexity index is 578. The molecule has 0 saturated carbocycles. The number of thiophene rings is 1. The standard InChI is InChI=1S/C12H17NO4S2/c1-8-6-10(18-7-8)19(16,17)13-5-3-4-9(2)11(13)12(14)15/h6-7,9,11H,3-5H2,1-2H3,(H,14,15). The highest BCUT2D eigenvalue weighted by atomic mass is 32.2. The van der Waals surface area contributed by atoms with E-state index in [1.165, 1.54) is 0 Å². The summed E-state index contributed by atoms with van der Waals surface area (Å²) in [4.78, 5) is 11.4. The summed E-state index contributed by atoms with van der Waals surface area (Å²) in [5.41, 5.74) is 0.875. The summed E-state index contributed by atoms with van der Waals surface area (Å²) in [7, 11) is -3.70. The zero-order valence-corrected chi connectivity index (χ0v) is 12.5. The minimum absolute atomic E-state index is 0.165. The molecule has 0 aromatic carbocycles. The van der Waals surface area contributed by atoms with Crippen molar-refractivity contribution in [3.8, 4) is 0 Å². The van der Waals surface area contributed by atoms with Gasteiger partial charge in [0.2, 0.25) is 0 Å². The van der Waals surface area contributed by atoms with Crippen LogP contribution in [0.3, 0.4) is 0 Å². The Hall–Kier alpha value is -0.920. The van der Waals surface area contributed by atoms with Gasteiger partial charge < -0.3 is 5.11 Å². The lowest BCUT2D eigenvalue weighted by Gasteiger charge is -2.35. The molecular formula is C12H17NO4S2. The van der Waals surface area contributed by atoms with Gasteiger partial charge in [0.25, 0.3) is 10.0 Å². The molecule has 5 nitrogen and oxygen atoms in total. The van der Waals surface area contributed by atoms with Crippen LogP contribution in [0.15, 0.2) is 15.7 Å². The van der Waals surface area contributed by atoms with Crippen LogP contribution in [0.2, 0.25) is 0 Å². The zero-order chi connectivity index (χ0) is 14.2. The van der Waals surface area contributed by atoms with Crippen molar-refractivity contribution in [2.45, 2.75) is 36.9 Å². The molecule has 7 heteroatoms. The van der Waals surface area contributed by atoms with Crippen LogP contribution in [0.1, 0.15) is 25.3 Å². The van der Waals surface area contributed by atoms with Crippen LogP contribution in [-0.4, -0.2) is 36.4 Å². The first kappa shape index (κ1) is 14.5. The van der Waals surface area contributed by atoms with Gasteiger partial charge in [-0.2, -0.15) is 4.31 Å². The Balaban J connectivity index is 2.40. The third-order valence-electron chi connectivity index (χ3n) is 3.41. The number of carboxylic acid groups (broad SMARTS) is 1. The fourth-order valence-electron chi connectivity index (χ4n) is 2.44. The van der Waals surface area contributed by atoms with Gasteiger partial charge in [0.1, 0.15) is 10.3 Å². The summed E-state index contributed by atoms with van der Waals surface area (Å²) in [6.45, 7) is 3.89. The second-order valence-corrected chi connectivity index (χ2v) is 7.99. The van der Waals surface area contributed by atoms with E-state index in [1.54, 1.807) is 18.4 Å². The molecule has 1 aromatic rings. The number of carboxylic acids is 1. The molecule has 2 atom stereocenters. The number of hydrogen-bond donors (Lipinski definition) is 1. The van der Waals surface area contributed by atoms with Gasteiger partial charge in [-0.1, -0.05) is 6.92 Å². The molecule has 1 saturated heterocycles. The van der Waals surface area contributed by atoms with Crippen LogP contribution in [0, 0.1) is 12.8 Å². The quantitative estimate of drug-likeness (QED) is 0.926. The van der Waals surface area contributed by atoms with Gasteiger partial charge in [-0.15, -0.1) is 11.3 Å². The smallest absolute Gasteiger partial charge is 0.322 e. The summed E-state index contributed by atoms with van der Waals surface area (Å²) >= 11 is 1.14. The van der Waals surface area contributed by atoms with E-state index in [9.17, 15) is 18.3 Å². The monoisotopic (exact) mass is 303 g/mol. The zero-order valence-electron chi connectivity index (χ0n) is 10.9. The molecule has 0 spiro atoms. The fourth-order valence-corrected chi connectivity index (χ4v) is 5.52. The first-order chi connectivity index (χ1) is 8.84. The molecule has 0 radical (unpaired) electrons. The van der Waals surface area contributed by atoms with Crippen LogP contribution >= 0.6 is 11.3 Å². The first-order valence-electron chi connectivity index (χ1n) is 6.14. The predicted molar refractivity (Wildman–Crippen MR) is 72.8 cm³/mol. The van der Waals surface area contributed by atoms with E-state index in [1.807, 2.05) is 6.92 Å². The Kier molecular flexibility index (Phi) is 3.98. The van der Waals surface area contributed by atoms with Crippen molar-refractivity contribution in [3.63, 3.8) is 0 Å². The minimum atomic E-state index is -3.70. The maximum Gasteiger partial charge on any atom is 0.322 e. The Morgan fingerprint density at radius 3 is 2.74 bits per heavy atom. The van der Waals surface area contributed by atoms with Crippen molar-refractivity contribution in [1.29, 1.82) is 0 Å². The molecule has 0 bridgehead atoms. The van der Waals surface area contributed by atoms with E-state index in [4.69, 9.17) is 0 Å². The second kappa shape index (κ2) is 5.22. The molecule has 19 heavy (non-hydrogen) atoms. The number of rotatable bonds is 3. The number of sulfonamides is 1. The number of hydrogen-bond acceptors (Lipinski definition) is 4. The number of aryl methyl sites for hydroxylation is 1. The highest BCUT2D eigenvalue weighted by molar-refractivity contribution is 7.91. The summed E-state index contributed by atoms with van der Waals surface area (Å²) in [5.74, 6) is -1.23. The second-order valence-electron chi connectivity index (χ2n) is 4.96. The SMILES string of the molecule is Cc1csc(S(=O)(=O)N2CCCC(C)C2C(=O)O)c1. The molecule has 1 N–H and O–H groups in total. The molecule has 1 aliphatic rings. The molecule has 1 aromatic heterocycles. The molecule has 2 heterocycles. The largest absolute Gasteiger partial charge is 0.480 e. The van der Waals surface area contributed by atoms with Crippen LogP contribution in [0.5, 0.6) is 0 Å². The van der Waals surface area contributed by atoms with Crippen molar-refractivity contribution in [2.24, 2.45) is 5.92 Å². The maximum absolute atomic E-state index is 12.5. The topological polar surface area (TPSA) is 74.7 Å². The molecule has 1 fully saturated rings. The maximum atomic E-state index is 12.5. The highest BCUT2D eigenvalue weighted by Gasteiger charge is 2.41. The summed E-state index contributed by atoms with van der Waals surface area (Å²) in [5, 5.41) is 11.1.